The Labute approximate surface area is 132 Å². The number of aromatic nitrogens is 2. The van der Waals surface area contributed by atoms with Gasteiger partial charge in [0.25, 0.3) is 0 Å². The fourth-order valence-electron chi connectivity index (χ4n) is 1.56. The lowest BCUT2D eigenvalue weighted by molar-refractivity contribution is 0.281. The Hall–Kier alpha value is -1.50. The second-order valence-corrected chi connectivity index (χ2v) is 5.83. The molecule has 0 spiro atoms. The van der Waals surface area contributed by atoms with Crippen molar-refractivity contribution in [2.45, 2.75) is 23.9 Å². The van der Waals surface area contributed by atoms with Crippen molar-refractivity contribution in [1.29, 1.82) is 0 Å². The zero-order valence-electron chi connectivity index (χ0n) is 11.4. The van der Waals surface area contributed by atoms with Crippen molar-refractivity contribution in [1.82, 2.24) is 9.97 Å². The van der Waals surface area contributed by atoms with Crippen LogP contribution in [0.1, 0.15) is 12.5 Å². The van der Waals surface area contributed by atoms with Gasteiger partial charge in [-0.3, -0.25) is 0 Å². The van der Waals surface area contributed by atoms with Crippen LogP contribution in [0.25, 0.3) is 0 Å². The number of rotatable bonds is 6. The number of hydrogen-bond donors (Lipinski definition) is 3. The first-order valence-electron chi connectivity index (χ1n) is 6.32. The van der Waals surface area contributed by atoms with Crippen LogP contribution in [0.2, 0.25) is 5.02 Å². The Morgan fingerprint density at radius 1 is 1.43 bits per heavy atom. The molecule has 0 fully saturated rings. The van der Waals surface area contributed by atoms with Crippen LogP contribution >= 0.6 is 23.4 Å². The van der Waals surface area contributed by atoms with Crippen molar-refractivity contribution in [3.05, 3.63) is 40.9 Å². The first-order valence-corrected chi connectivity index (χ1v) is 7.68. The minimum absolute atomic E-state index is 0.0381. The number of halogens is 1. The SMILES string of the molecule is C[C@H](CO)Nc1[c]c(O)nc(SCc2cccc(Cl)c2)n1. The highest BCUT2D eigenvalue weighted by Crippen LogP contribution is 2.24. The standard InChI is InChI=1S/C14H15ClN3O2S/c1-9(7-19)16-12-6-13(20)18-14(17-12)21-8-10-3-2-4-11(15)5-10/h2-5,9,19H,7-8H2,1H3,(H2,16,17,18,20)/t9-/m1/s1. The van der Waals surface area contributed by atoms with Crippen LogP contribution in [0.15, 0.2) is 29.4 Å². The molecule has 111 valence electrons. The van der Waals surface area contributed by atoms with E-state index in [1.54, 1.807) is 6.92 Å². The molecule has 3 N–H and O–H groups in total. The quantitative estimate of drug-likeness (QED) is 0.560. The zero-order valence-corrected chi connectivity index (χ0v) is 12.9. The molecule has 1 aromatic heterocycles. The highest BCUT2D eigenvalue weighted by molar-refractivity contribution is 7.98. The largest absolute Gasteiger partial charge is 0.493 e. The third-order valence-electron chi connectivity index (χ3n) is 2.55. The van der Waals surface area contributed by atoms with E-state index in [1.165, 1.54) is 11.8 Å². The van der Waals surface area contributed by atoms with Gasteiger partial charge in [-0.2, -0.15) is 4.98 Å². The van der Waals surface area contributed by atoms with E-state index in [9.17, 15) is 5.11 Å². The van der Waals surface area contributed by atoms with Gasteiger partial charge in [0.1, 0.15) is 5.82 Å². The summed E-state index contributed by atoms with van der Waals surface area (Å²) in [6.45, 7) is 1.76. The van der Waals surface area contributed by atoms with Crippen molar-refractivity contribution in [2.75, 3.05) is 11.9 Å². The van der Waals surface area contributed by atoms with E-state index in [2.05, 4.69) is 21.4 Å². The van der Waals surface area contributed by atoms with E-state index in [0.717, 1.165) is 5.56 Å². The van der Waals surface area contributed by atoms with Crippen LogP contribution in [-0.4, -0.2) is 32.8 Å². The summed E-state index contributed by atoms with van der Waals surface area (Å²) in [5, 5.41) is 22.6. The van der Waals surface area contributed by atoms with Crippen LogP contribution in [0.3, 0.4) is 0 Å². The predicted octanol–water partition coefficient (Wildman–Crippen LogP) is 2.72. The van der Waals surface area contributed by atoms with E-state index in [-0.39, 0.29) is 18.5 Å². The number of anilines is 1. The lowest BCUT2D eigenvalue weighted by Gasteiger charge is -2.11. The molecule has 5 nitrogen and oxygen atoms in total. The molecule has 7 heteroatoms. The van der Waals surface area contributed by atoms with Gasteiger partial charge in [0.15, 0.2) is 5.16 Å². The van der Waals surface area contributed by atoms with Crippen LogP contribution in [0.5, 0.6) is 5.88 Å². The lowest BCUT2D eigenvalue weighted by atomic mass is 10.2. The first kappa shape index (κ1) is 15.9. The van der Waals surface area contributed by atoms with Gasteiger partial charge in [-0.15, -0.1) is 0 Å². The molecule has 1 radical (unpaired) electrons. The Kier molecular flexibility index (Phi) is 5.67. The van der Waals surface area contributed by atoms with Gasteiger partial charge in [0, 0.05) is 16.8 Å². The summed E-state index contributed by atoms with van der Waals surface area (Å²) in [6, 6.07) is 9.94. The van der Waals surface area contributed by atoms with Gasteiger partial charge in [-0.25, -0.2) is 4.98 Å². The summed E-state index contributed by atoms with van der Waals surface area (Å²) in [6.07, 6.45) is 0. The molecule has 0 aliphatic carbocycles. The number of nitrogens with one attached hydrogen (secondary N) is 1. The molecule has 0 saturated carbocycles. The van der Waals surface area contributed by atoms with Gasteiger partial charge in [0.05, 0.1) is 12.7 Å². The van der Waals surface area contributed by atoms with Crippen LogP contribution in [-0.2, 0) is 5.75 Å². The molecule has 2 aromatic rings. The summed E-state index contributed by atoms with van der Waals surface area (Å²) in [7, 11) is 0. The van der Waals surface area contributed by atoms with Crippen molar-refractivity contribution in [3.63, 3.8) is 0 Å². The average molecular weight is 325 g/mol. The normalized spacial score (nSPS) is 12.1. The molecule has 2 rings (SSSR count). The Bertz CT molecular complexity index is 613. The fourth-order valence-corrected chi connectivity index (χ4v) is 2.55. The van der Waals surface area contributed by atoms with Gasteiger partial charge in [0.2, 0.25) is 5.88 Å². The first-order chi connectivity index (χ1) is 10.1. The Balaban J connectivity index is 2.06. The van der Waals surface area contributed by atoms with Crippen LogP contribution < -0.4 is 5.32 Å². The summed E-state index contributed by atoms with van der Waals surface area (Å²) < 4.78 is 0. The Morgan fingerprint density at radius 2 is 2.24 bits per heavy atom. The van der Waals surface area contributed by atoms with E-state index in [4.69, 9.17) is 16.7 Å². The molecule has 0 amide bonds. The van der Waals surface area contributed by atoms with E-state index < -0.39 is 0 Å². The number of benzene rings is 1. The van der Waals surface area contributed by atoms with E-state index in [0.29, 0.717) is 21.7 Å². The molecule has 0 saturated heterocycles. The maximum Gasteiger partial charge on any atom is 0.225 e. The minimum atomic E-state index is -0.230. The number of aliphatic hydroxyl groups excluding tert-OH is 1. The molecule has 0 bridgehead atoms. The molecular weight excluding hydrogens is 310 g/mol. The van der Waals surface area contributed by atoms with Crippen LogP contribution in [0, 0.1) is 6.07 Å². The van der Waals surface area contributed by atoms with Crippen molar-refractivity contribution in [3.8, 4) is 5.88 Å². The smallest absolute Gasteiger partial charge is 0.225 e. The van der Waals surface area contributed by atoms with Gasteiger partial charge < -0.3 is 15.5 Å². The Morgan fingerprint density at radius 3 is 2.95 bits per heavy atom. The third kappa shape index (κ3) is 5.08. The third-order valence-corrected chi connectivity index (χ3v) is 3.71. The number of aliphatic hydroxyl groups is 1. The maximum absolute atomic E-state index is 9.58. The number of aromatic hydroxyl groups is 1. The molecule has 1 heterocycles. The lowest BCUT2D eigenvalue weighted by Crippen LogP contribution is -2.20. The summed E-state index contributed by atoms with van der Waals surface area (Å²) in [5.41, 5.74) is 1.04. The van der Waals surface area contributed by atoms with E-state index in [1.807, 2.05) is 24.3 Å². The highest BCUT2D eigenvalue weighted by Gasteiger charge is 2.08. The highest BCUT2D eigenvalue weighted by atomic mass is 35.5. The van der Waals surface area contributed by atoms with Crippen molar-refractivity contribution >= 4 is 29.2 Å². The number of thioether (sulfide) groups is 1. The summed E-state index contributed by atoms with van der Waals surface area (Å²) >= 11 is 7.31. The topological polar surface area (TPSA) is 78.3 Å². The molecule has 0 unspecified atom stereocenters. The van der Waals surface area contributed by atoms with E-state index >= 15 is 0 Å². The second-order valence-electron chi connectivity index (χ2n) is 4.45. The fraction of sp³-hybridized carbons (Fsp3) is 0.286. The summed E-state index contributed by atoms with van der Waals surface area (Å²) in [5.74, 6) is 0.766. The number of hydrogen-bond acceptors (Lipinski definition) is 6. The van der Waals surface area contributed by atoms with Crippen LogP contribution in [0.4, 0.5) is 5.82 Å². The summed E-state index contributed by atoms with van der Waals surface area (Å²) in [4.78, 5) is 8.16. The number of nitrogens with zero attached hydrogens (tertiary/aromatic N) is 2. The van der Waals surface area contributed by atoms with Gasteiger partial charge in [-0.1, -0.05) is 35.5 Å². The molecule has 0 aliphatic rings. The monoisotopic (exact) mass is 324 g/mol. The van der Waals surface area contributed by atoms with Crippen molar-refractivity contribution in [2.24, 2.45) is 0 Å². The maximum atomic E-state index is 9.58. The van der Waals surface area contributed by atoms with Crippen molar-refractivity contribution < 1.29 is 10.2 Å². The predicted molar refractivity (Wildman–Crippen MR) is 83.7 cm³/mol. The molecule has 1 atom stereocenters. The molecule has 0 aliphatic heterocycles. The average Bonchev–Trinajstić information content (AvgIpc) is 2.44. The van der Waals surface area contributed by atoms with Gasteiger partial charge >= 0.3 is 0 Å². The second kappa shape index (κ2) is 7.49. The van der Waals surface area contributed by atoms with Gasteiger partial charge in [-0.05, 0) is 24.6 Å². The molecular formula is C14H15ClN3O2S. The molecule has 1 aromatic carbocycles. The minimum Gasteiger partial charge on any atom is -0.493 e. The zero-order chi connectivity index (χ0) is 15.2. The molecule has 21 heavy (non-hydrogen) atoms.